The predicted octanol–water partition coefficient (Wildman–Crippen LogP) is 3.25. The van der Waals surface area contributed by atoms with Crippen molar-refractivity contribution < 1.29 is 14.1 Å². The molecule has 1 amide bonds. The van der Waals surface area contributed by atoms with Crippen LogP contribution in [0.15, 0.2) is 58.6 Å². The highest BCUT2D eigenvalue weighted by Crippen LogP contribution is 2.58. The summed E-state index contributed by atoms with van der Waals surface area (Å²) in [5.41, 5.74) is 3.77. The van der Waals surface area contributed by atoms with Gasteiger partial charge in [-0.15, -0.1) is 0 Å². The molecule has 1 unspecified atom stereocenters. The van der Waals surface area contributed by atoms with Gasteiger partial charge in [0.2, 0.25) is 11.8 Å². The van der Waals surface area contributed by atoms with E-state index in [-0.39, 0.29) is 11.7 Å². The Labute approximate surface area is 153 Å². The minimum Gasteiger partial charge on any atom is -0.338 e. The molecule has 27 heavy (non-hydrogen) atoms. The Hall–Kier alpha value is -3.67. The van der Waals surface area contributed by atoms with E-state index >= 15 is 0 Å². The van der Waals surface area contributed by atoms with Crippen molar-refractivity contribution in [1.29, 1.82) is 0 Å². The minimum atomic E-state index is -1.27. The molecule has 2 N–H and O–H groups in total. The van der Waals surface area contributed by atoms with Gasteiger partial charge in [0.25, 0.3) is 0 Å². The molecule has 130 valence electrons. The first-order valence-electron chi connectivity index (χ1n) is 8.67. The number of para-hydroxylation sites is 1. The number of nitrogens with one attached hydrogen (secondary N) is 2. The summed E-state index contributed by atoms with van der Waals surface area (Å²) in [6.45, 7) is 1.79. The third kappa shape index (κ3) is 1.47. The van der Waals surface area contributed by atoms with E-state index in [0.29, 0.717) is 39.7 Å². The quantitative estimate of drug-likeness (QED) is 0.647. The number of nitrogens with zero attached hydrogens (tertiary/aromatic N) is 1. The van der Waals surface area contributed by atoms with Gasteiger partial charge in [0.05, 0.1) is 17.0 Å². The van der Waals surface area contributed by atoms with E-state index in [0.717, 1.165) is 11.1 Å². The van der Waals surface area contributed by atoms with Crippen LogP contribution in [0.4, 0.5) is 11.6 Å². The zero-order valence-corrected chi connectivity index (χ0v) is 14.3. The largest absolute Gasteiger partial charge is 0.338 e. The molecule has 1 aliphatic carbocycles. The molecule has 2 aliphatic heterocycles. The van der Waals surface area contributed by atoms with E-state index in [4.69, 9.17) is 4.52 Å². The lowest BCUT2D eigenvalue weighted by Crippen LogP contribution is -2.43. The van der Waals surface area contributed by atoms with Gasteiger partial charge >= 0.3 is 0 Å². The summed E-state index contributed by atoms with van der Waals surface area (Å²) in [5, 5.41) is 10.2. The predicted molar refractivity (Wildman–Crippen MR) is 98.4 cm³/mol. The normalized spacial score (nSPS) is 21.5. The Kier molecular flexibility index (Phi) is 2.43. The zero-order chi connectivity index (χ0) is 18.3. The van der Waals surface area contributed by atoms with Gasteiger partial charge < -0.3 is 15.2 Å². The molecular weight excluding hydrogens is 342 g/mol. The Bertz CT molecular complexity index is 1240. The second-order valence-corrected chi connectivity index (χ2v) is 6.97. The van der Waals surface area contributed by atoms with E-state index in [1.807, 2.05) is 42.5 Å². The van der Waals surface area contributed by atoms with Gasteiger partial charge in [0.1, 0.15) is 5.41 Å². The van der Waals surface area contributed by atoms with E-state index in [1.54, 1.807) is 13.0 Å². The standard InChI is InChI=1S/C21H13N3O3/c1-10-15-19(27-24-10)23-17-11-6-2-3-7-12(11)18(25)16(17)21(15)13-8-4-5-9-14(13)22-20(21)26/h2-9,23H,1H3,(H,22,26). The average molecular weight is 355 g/mol. The minimum absolute atomic E-state index is 0.147. The number of amides is 1. The molecule has 6 nitrogen and oxygen atoms in total. The highest BCUT2D eigenvalue weighted by atomic mass is 16.5. The number of ketones is 1. The fourth-order valence-corrected chi connectivity index (χ4v) is 4.66. The van der Waals surface area contributed by atoms with Crippen molar-refractivity contribution in [2.24, 2.45) is 0 Å². The van der Waals surface area contributed by atoms with Crippen LogP contribution in [-0.4, -0.2) is 16.8 Å². The fraction of sp³-hybridized carbons (Fsp3) is 0.0952. The van der Waals surface area contributed by atoms with E-state index in [1.165, 1.54) is 0 Å². The fourth-order valence-electron chi connectivity index (χ4n) is 4.66. The van der Waals surface area contributed by atoms with Crippen LogP contribution in [0.5, 0.6) is 0 Å². The highest BCUT2D eigenvalue weighted by Gasteiger charge is 2.61. The molecular formula is C21H13N3O3. The number of anilines is 2. The molecule has 6 rings (SSSR count). The lowest BCUT2D eigenvalue weighted by molar-refractivity contribution is -0.118. The molecule has 0 fully saturated rings. The van der Waals surface area contributed by atoms with Crippen molar-refractivity contribution in [2.75, 3.05) is 10.6 Å². The third-order valence-electron chi connectivity index (χ3n) is 5.69. The van der Waals surface area contributed by atoms with Crippen molar-refractivity contribution in [1.82, 2.24) is 5.16 Å². The number of Topliss-reactive ketones (excluding diaryl/α,β-unsaturated/α-hetero) is 1. The van der Waals surface area contributed by atoms with Gasteiger partial charge in [-0.1, -0.05) is 47.6 Å². The van der Waals surface area contributed by atoms with E-state index < -0.39 is 5.41 Å². The van der Waals surface area contributed by atoms with Crippen LogP contribution >= 0.6 is 0 Å². The van der Waals surface area contributed by atoms with Crippen molar-refractivity contribution in [3.63, 3.8) is 0 Å². The monoisotopic (exact) mass is 355 g/mol. The van der Waals surface area contributed by atoms with Crippen LogP contribution < -0.4 is 10.6 Å². The Balaban J connectivity index is 1.79. The van der Waals surface area contributed by atoms with Gasteiger partial charge in [0, 0.05) is 28.0 Å². The molecule has 2 aromatic carbocycles. The number of aromatic nitrogens is 1. The number of hydrogen-bond donors (Lipinski definition) is 2. The van der Waals surface area contributed by atoms with Crippen LogP contribution in [0, 0.1) is 6.92 Å². The molecule has 0 saturated heterocycles. The molecule has 0 saturated carbocycles. The van der Waals surface area contributed by atoms with Crippen LogP contribution in [0.3, 0.4) is 0 Å². The molecule has 0 bridgehead atoms. The second-order valence-electron chi connectivity index (χ2n) is 6.97. The van der Waals surface area contributed by atoms with Gasteiger partial charge in [0.15, 0.2) is 5.78 Å². The highest BCUT2D eigenvalue weighted by molar-refractivity contribution is 6.30. The summed E-state index contributed by atoms with van der Waals surface area (Å²) >= 11 is 0. The summed E-state index contributed by atoms with van der Waals surface area (Å²) in [6, 6.07) is 14.8. The van der Waals surface area contributed by atoms with Crippen molar-refractivity contribution in [3.8, 4) is 0 Å². The first kappa shape index (κ1) is 14.5. The molecule has 1 atom stereocenters. The third-order valence-corrected chi connectivity index (χ3v) is 5.69. The van der Waals surface area contributed by atoms with Crippen LogP contribution in [0.2, 0.25) is 0 Å². The molecule has 6 heteroatoms. The molecule has 1 aromatic heterocycles. The van der Waals surface area contributed by atoms with Gasteiger partial charge in [-0.2, -0.15) is 0 Å². The lowest BCUT2D eigenvalue weighted by Gasteiger charge is -2.33. The van der Waals surface area contributed by atoms with Crippen molar-refractivity contribution >= 4 is 29.0 Å². The van der Waals surface area contributed by atoms with E-state index in [2.05, 4.69) is 15.8 Å². The van der Waals surface area contributed by atoms with Gasteiger partial charge in [-0.25, -0.2) is 0 Å². The second kappa shape index (κ2) is 4.54. The maximum atomic E-state index is 13.5. The smallest absolute Gasteiger partial charge is 0.244 e. The van der Waals surface area contributed by atoms with Crippen LogP contribution in [0.25, 0.3) is 5.70 Å². The van der Waals surface area contributed by atoms with Crippen LogP contribution in [0.1, 0.15) is 32.7 Å². The topological polar surface area (TPSA) is 84.2 Å². The first-order chi connectivity index (χ1) is 13.1. The Morgan fingerprint density at radius 2 is 1.70 bits per heavy atom. The SMILES string of the molecule is Cc1noc2c1C1(C(=O)Nc3ccccc31)C1=C(N2)c2ccccc2C1=O. The number of benzene rings is 2. The summed E-state index contributed by atoms with van der Waals surface area (Å²) in [7, 11) is 0. The number of hydrogen-bond acceptors (Lipinski definition) is 5. The number of fused-ring (bicyclic) bond motifs is 7. The first-order valence-corrected chi connectivity index (χ1v) is 8.67. The maximum absolute atomic E-state index is 13.5. The van der Waals surface area contributed by atoms with Crippen LogP contribution in [-0.2, 0) is 10.2 Å². The number of carbonyl (C=O) groups is 2. The summed E-state index contributed by atoms with van der Waals surface area (Å²) in [4.78, 5) is 26.9. The number of carbonyl (C=O) groups excluding carboxylic acids is 2. The van der Waals surface area contributed by atoms with Gasteiger partial charge in [-0.3, -0.25) is 9.59 Å². The number of rotatable bonds is 0. The summed E-state index contributed by atoms with van der Waals surface area (Å²) in [5.74, 6) is 0.000199. The Morgan fingerprint density at radius 1 is 0.963 bits per heavy atom. The molecule has 3 aromatic rings. The molecule has 1 spiro atoms. The molecule has 3 heterocycles. The Morgan fingerprint density at radius 3 is 2.56 bits per heavy atom. The average Bonchev–Trinajstić information content (AvgIpc) is 3.29. The molecule has 3 aliphatic rings. The van der Waals surface area contributed by atoms with Gasteiger partial charge in [-0.05, 0) is 13.0 Å². The number of aryl methyl sites for hydroxylation is 1. The van der Waals surface area contributed by atoms with Crippen molar-refractivity contribution in [3.05, 3.63) is 82.1 Å². The summed E-state index contributed by atoms with van der Waals surface area (Å²) < 4.78 is 5.51. The van der Waals surface area contributed by atoms with E-state index in [9.17, 15) is 9.59 Å². The molecule has 0 radical (unpaired) electrons. The lowest BCUT2D eigenvalue weighted by atomic mass is 9.67. The maximum Gasteiger partial charge on any atom is 0.244 e. The zero-order valence-electron chi connectivity index (χ0n) is 14.3. The summed E-state index contributed by atoms with van der Waals surface area (Å²) in [6.07, 6.45) is 0. The van der Waals surface area contributed by atoms with Crippen molar-refractivity contribution in [2.45, 2.75) is 12.3 Å².